The van der Waals surface area contributed by atoms with Crippen LogP contribution in [0.4, 0.5) is 13.2 Å². The zero-order valence-corrected chi connectivity index (χ0v) is 28.5. The van der Waals surface area contributed by atoms with Gasteiger partial charge < -0.3 is 30.5 Å². The van der Waals surface area contributed by atoms with E-state index in [0.29, 0.717) is 24.6 Å². The lowest BCUT2D eigenvalue weighted by atomic mass is 9.91. The number of benzene rings is 2. The number of carbonyl (C=O) groups is 5. The van der Waals surface area contributed by atoms with Crippen LogP contribution < -0.4 is 21.3 Å². The number of nitrogens with zero attached hydrogens (tertiary/aromatic N) is 1. The van der Waals surface area contributed by atoms with Crippen molar-refractivity contribution in [3.05, 3.63) is 77.7 Å². The highest BCUT2D eigenvalue weighted by Crippen LogP contribution is 2.29. The molecule has 2 aromatic carbocycles. The van der Waals surface area contributed by atoms with E-state index in [9.17, 15) is 37.1 Å². The molecule has 12 nitrogen and oxygen atoms in total. The first-order chi connectivity index (χ1) is 24.2. The molecule has 1 aliphatic heterocycles. The second kappa shape index (κ2) is 17.6. The second-order valence-corrected chi connectivity index (χ2v) is 12.7. The molecule has 0 saturated carbocycles. The molecule has 4 rings (SSSR count). The number of alkyl halides is 3. The van der Waals surface area contributed by atoms with E-state index in [2.05, 4.69) is 30.9 Å². The first-order valence-electron chi connectivity index (χ1n) is 16.8. The number of rotatable bonds is 15. The van der Waals surface area contributed by atoms with Crippen LogP contribution in [0.1, 0.15) is 68.3 Å². The van der Waals surface area contributed by atoms with E-state index in [0.717, 1.165) is 17.2 Å². The number of ether oxygens (including phenoxy) is 1. The monoisotopic (exact) mass is 713 g/mol. The summed E-state index contributed by atoms with van der Waals surface area (Å²) in [7, 11) is 0. The average molecular weight is 714 g/mol. The molecule has 0 bridgehead atoms. The van der Waals surface area contributed by atoms with E-state index in [-0.39, 0.29) is 37.7 Å². The number of nitrogens with one attached hydrogen (secondary N) is 4. The van der Waals surface area contributed by atoms with Gasteiger partial charge in [-0.3, -0.25) is 19.2 Å². The van der Waals surface area contributed by atoms with Gasteiger partial charge in [-0.15, -0.1) is 0 Å². The SMILES string of the molecule is CCOC(=O)/C=C/C(C[C@@H]1CCCNC1=O)NC(=O)[C@H](CC(C)C)NC(=O)C(Cc1cccc2ccccc12)NC(=O)c1cc(C(F)(F)F)on1. The predicted molar refractivity (Wildman–Crippen MR) is 180 cm³/mol. The average Bonchev–Trinajstić information content (AvgIpc) is 3.59. The van der Waals surface area contributed by atoms with Crippen molar-refractivity contribution in [3.63, 3.8) is 0 Å². The molecule has 1 aromatic heterocycles. The van der Waals surface area contributed by atoms with Crippen LogP contribution in [0.5, 0.6) is 0 Å². The van der Waals surface area contributed by atoms with Crippen molar-refractivity contribution >= 4 is 40.4 Å². The van der Waals surface area contributed by atoms with Crippen LogP contribution in [0.15, 0.2) is 65.2 Å². The van der Waals surface area contributed by atoms with E-state index in [1.54, 1.807) is 25.1 Å². The van der Waals surface area contributed by atoms with Crippen molar-refractivity contribution in [1.29, 1.82) is 0 Å². The van der Waals surface area contributed by atoms with Gasteiger partial charge in [0.1, 0.15) is 12.1 Å². The van der Waals surface area contributed by atoms with Crippen molar-refractivity contribution < 1.29 is 46.4 Å². The minimum Gasteiger partial charge on any atom is -0.463 e. The van der Waals surface area contributed by atoms with E-state index in [4.69, 9.17) is 4.74 Å². The van der Waals surface area contributed by atoms with E-state index in [1.165, 1.54) is 12.2 Å². The molecule has 0 aliphatic carbocycles. The topological polar surface area (TPSA) is 169 Å². The first kappa shape index (κ1) is 38.6. The van der Waals surface area contributed by atoms with Gasteiger partial charge in [-0.05, 0) is 54.9 Å². The molecule has 4 amide bonds. The number of fused-ring (bicyclic) bond motifs is 1. The Balaban J connectivity index is 1.60. The third kappa shape index (κ3) is 11.1. The highest BCUT2D eigenvalue weighted by molar-refractivity contribution is 5.98. The fraction of sp³-hybridized carbons (Fsp3) is 0.444. The third-order valence-electron chi connectivity index (χ3n) is 8.30. The summed E-state index contributed by atoms with van der Waals surface area (Å²) in [5.41, 5.74) is -0.0260. The number of carbonyl (C=O) groups excluding carboxylic acids is 5. The molecule has 1 fully saturated rings. The predicted octanol–water partition coefficient (Wildman–Crippen LogP) is 4.24. The minimum absolute atomic E-state index is 0.0827. The largest absolute Gasteiger partial charge is 0.463 e. The zero-order chi connectivity index (χ0) is 37.1. The Labute approximate surface area is 292 Å². The molecule has 1 saturated heterocycles. The third-order valence-corrected chi connectivity index (χ3v) is 8.30. The Kier molecular flexibility index (Phi) is 13.3. The number of piperidine rings is 1. The van der Waals surface area contributed by atoms with Crippen LogP contribution in [0.2, 0.25) is 0 Å². The number of hydrogen-bond donors (Lipinski definition) is 4. The molecular formula is C36H42F3N5O7. The molecule has 274 valence electrons. The van der Waals surface area contributed by atoms with Crippen molar-refractivity contribution in [1.82, 2.24) is 26.4 Å². The van der Waals surface area contributed by atoms with Crippen molar-refractivity contribution in [2.75, 3.05) is 13.2 Å². The summed E-state index contributed by atoms with van der Waals surface area (Å²) in [6.07, 6.45) is -0.648. The molecule has 4 atom stereocenters. The van der Waals surface area contributed by atoms with Crippen LogP contribution in [-0.2, 0) is 36.5 Å². The molecule has 0 spiro atoms. The molecule has 2 heterocycles. The first-order valence-corrected chi connectivity index (χ1v) is 16.8. The Hall–Kier alpha value is -5.21. The maximum absolute atomic E-state index is 14.0. The van der Waals surface area contributed by atoms with Gasteiger partial charge in [-0.2, -0.15) is 13.2 Å². The lowest BCUT2D eigenvalue weighted by molar-refractivity contribution is -0.155. The number of esters is 1. The number of amides is 4. The van der Waals surface area contributed by atoms with E-state index in [1.807, 2.05) is 38.1 Å². The fourth-order valence-electron chi connectivity index (χ4n) is 5.84. The van der Waals surface area contributed by atoms with Gasteiger partial charge in [0.25, 0.3) is 5.91 Å². The number of halogens is 3. The maximum atomic E-state index is 14.0. The Morgan fingerprint density at radius 2 is 1.76 bits per heavy atom. The van der Waals surface area contributed by atoms with E-state index >= 15 is 0 Å². The maximum Gasteiger partial charge on any atom is 0.452 e. The van der Waals surface area contributed by atoms with Gasteiger partial charge in [-0.1, -0.05) is 67.5 Å². The van der Waals surface area contributed by atoms with Gasteiger partial charge in [0.2, 0.25) is 23.5 Å². The minimum atomic E-state index is -4.88. The molecule has 15 heteroatoms. The molecule has 2 unspecified atom stereocenters. The standard InChI is InChI=1S/C36H42F3N5O7/c1-4-50-31(45)15-14-25(18-24-12-8-16-40-32(24)46)41-33(47)27(17-21(2)3)42-34(48)28(19-23-11-7-10-22-9-5-6-13-26(22)23)43-35(49)29-20-30(51-44-29)36(37,38)39/h5-7,9-11,13-15,20-21,24-25,27-28H,4,8,12,16-19H2,1-3H3,(H,40,46)(H,41,47)(H,42,48)(H,43,49)/b15-14+/t24-,25?,27-,28?/m0/s1. The lowest BCUT2D eigenvalue weighted by Gasteiger charge is -2.28. The summed E-state index contributed by atoms with van der Waals surface area (Å²) in [5, 5.41) is 15.7. The Bertz CT molecular complexity index is 1730. The zero-order valence-electron chi connectivity index (χ0n) is 28.5. The highest BCUT2D eigenvalue weighted by Gasteiger charge is 2.37. The van der Waals surface area contributed by atoms with Crippen LogP contribution in [0.3, 0.4) is 0 Å². The van der Waals surface area contributed by atoms with Crippen LogP contribution in [0, 0.1) is 11.8 Å². The smallest absolute Gasteiger partial charge is 0.452 e. The van der Waals surface area contributed by atoms with Gasteiger partial charge in [0.15, 0.2) is 5.69 Å². The Morgan fingerprint density at radius 3 is 2.45 bits per heavy atom. The molecule has 4 N–H and O–H groups in total. The quantitative estimate of drug-likeness (QED) is 0.134. The summed E-state index contributed by atoms with van der Waals surface area (Å²) in [4.78, 5) is 65.6. The summed E-state index contributed by atoms with van der Waals surface area (Å²) in [6.45, 7) is 6.02. The van der Waals surface area contributed by atoms with Crippen molar-refractivity contribution in [2.45, 2.75) is 77.2 Å². The molecule has 0 radical (unpaired) electrons. The van der Waals surface area contributed by atoms with Crippen LogP contribution >= 0.6 is 0 Å². The van der Waals surface area contributed by atoms with Crippen molar-refractivity contribution in [3.8, 4) is 0 Å². The highest BCUT2D eigenvalue weighted by atomic mass is 19.4. The van der Waals surface area contributed by atoms with E-state index < -0.39 is 65.4 Å². The van der Waals surface area contributed by atoms with Gasteiger partial charge in [0.05, 0.1) is 6.61 Å². The van der Waals surface area contributed by atoms with Crippen LogP contribution in [-0.4, -0.2) is 66.0 Å². The number of hydrogen-bond acceptors (Lipinski definition) is 8. The molecule has 3 aromatic rings. The van der Waals surface area contributed by atoms with Gasteiger partial charge in [-0.25, -0.2) is 4.79 Å². The summed E-state index contributed by atoms with van der Waals surface area (Å²) in [5.74, 6) is -5.26. The molecule has 51 heavy (non-hydrogen) atoms. The van der Waals surface area contributed by atoms with Gasteiger partial charge in [0, 0.05) is 37.1 Å². The second-order valence-electron chi connectivity index (χ2n) is 12.7. The lowest BCUT2D eigenvalue weighted by Crippen LogP contribution is -2.56. The number of aromatic nitrogens is 1. The summed E-state index contributed by atoms with van der Waals surface area (Å²) in [6, 6.07) is 9.92. The summed E-state index contributed by atoms with van der Waals surface area (Å²) >= 11 is 0. The van der Waals surface area contributed by atoms with Gasteiger partial charge >= 0.3 is 12.1 Å². The fourth-order valence-corrected chi connectivity index (χ4v) is 5.84. The normalized spacial score (nSPS) is 16.7. The Morgan fingerprint density at radius 1 is 1.04 bits per heavy atom. The molecule has 1 aliphatic rings. The van der Waals surface area contributed by atoms with Crippen LogP contribution in [0.25, 0.3) is 10.8 Å². The molecular weight excluding hydrogens is 671 g/mol. The van der Waals surface area contributed by atoms with Crippen molar-refractivity contribution in [2.24, 2.45) is 11.8 Å². The summed E-state index contributed by atoms with van der Waals surface area (Å²) < 4.78 is 48.8.